The van der Waals surface area contributed by atoms with Crippen molar-refractivity contribution < 1.29 is 9.00 Å². The zero-order chi connectivity index (χ0) is 12.7. The highest BCUT2D eigenvalue weighted by Gasteiger charge is 2.04. The second kappa shape index (κ2) is 7.13. The molecule has 0 saturated carbocycles. The third-order valence-corrected chi connectivity index (χ3v) is 2.90. The maximum atomic E-state index is 11.4. The summed E-state index contributed by atoms with van der Waals surface area (Å²) in [5.74, 6) is 0.460. The topological polar surface area (TPSA) is 103 Å². The van der Waals surface area contributed by atoms with Crippen molar-refractivity contribution in [3.8, 4) is 0 Å². The first-order valence-corrected chi connectivity index (χ1v) is 7.00. The molecule has 0 aliphatic heterocycles. The SMILES string of the molecule is CS(=O)CCCNC(=O)Cn1cc(CN)nn1. The van der Waals surface area contributed by atoms with Gasteiger partial charge in [-0.15, -0.1) is 5.10 Å². The largest absolute Gasteiger partial charge is 0.354 e. The van der Waals surface area contributed by atoms with Crippen LogP contribution < -0.4 is 11.1 Å². The zero-order valence-electron chi connectivity index (χ0n) is 9.76. The average molecular weight is 259 g/mol. The van der Waals surface area contributed by atoms with E-state index in [2.05, 4.69) is 15.6 Å². The van der Waals surface area contributed by atoms with Crippen molar-refractivity contribution in [2.75, 3.05) is 18.6 Å². The Balaban J connectivity index is 2.22. The fourth-order valence-electron chi connectivity index (χ4n) is 1.22. The maximum absolute atomic E-state index is 11.4. The first-order chi connectivity index (χ1) is 8.11. The van der Waals surface area contributed by atoms with Crippen LogP contribution in [0.5, 0.6) is 0 Å². The number of aromatic nitrogens is 3. The molecule has 0 radical (unpaired) electrons. The lowest BCUT2D eigenvalue weighted by Gasteiger charge is -2.03. The summed E-state index contributed by atoms with van der Waals surface area (Å²) in [5.41, 5.74) is 6.03. The summed E-state index contributed by atoms with van der Waals surface area (Å²) < 4.78 is 12.2. The minimum absolute atomic E-state index is 0.127. The van der Waals surface area contributed by atoms with E-state index in [1.807, 2.05) is 0 Å². The molecule has 1 unspecified atom stereocenters. The molecule has 0 fully saturated rings. The van der Waals surface area contributed by atoms with E-state index < -0.39 is 10.8 Å². The van der Waals surface area contributed by atoms with Crippen molar-refractivity contribution in [3.63, 3.8) is 0 Å². The molecule has 1 rings (SSSR count). The second-order valence-corrected chi connectivity index (χ2v) is 5.15. The lowest BCUT2D eigenvalue weighted by molar-refractivity contribution is -0.121. The molecular weight excluding hydrogens is 242 g/mol. The molecule has 1 atom stereocenters. The molecule has 0 aromatic carbocycles. The highest BCUT2D eigenvalue weighted by Crippen LogP contribution is 1.90. The molecule has 0 spiro atoms. The number of nitrogens with zero attached hydrogens (tertiary/aromatic N) is 3. The molecule has 8 heteroatoms. The molecule has 1 aromatic heterocycles. The van der Waals surface area contributed by atoms with Crippen LogP contribution in [-0.2, 0) is 28.7 Å². The molecule has 0 aliphatic rings. The van der Waals surface area contributed by atoms with Crippen LogP contribution in [-0.4, -0.2) is 43.7 Å². The summed E-state index contributed by atoms with van der Waals surface area (Å²) in [6.45, 7) is 0.961. The van der Waals surface area contributed by atoms with Crippen LogP contribution in [0.25, 0.3) is 0 Å². The molecule has 1 heterocycles. The van der Waals surface area contributed by atoms with Gasteiger partial charge in [0.05, 0.1) is 11.9 Å². The van der Waals surface area contributed by atoms with E-state index >= 15 is 0 Å². The van der Waals surface area contributed by atoms with Gasteiger partial charge in [0, 0.05) is 35.9 Å². The van der Waals surface area contributed by atoms with Crippen molar-refractivity contribution in [3.05, 3.63) is 11.9 Å². The first kappa shape index (κ1) is 13.8. The molecule has 0 bridgehead atoms. The van der Waals surface area contributed by atoms with E-state index in [1.165, 1.54) is 4.68 Å². The van der Waals surface area contributed by atoms with Crippen LogP contribution in [0.1, 0.15) is 12.1 Å². The fourth-order valence-corrected chi connectivity index (χ4v) is 1.77. The number of nitrogens with one attached hydrogen (secondary N) is 1. The van der Waals surface area contributed by atoms with E-state index in [1.54, 1.807) is 12.5 Å². The Hall–Kier alpha value is -1.28. The molecule has 7 nitrogen and oxygen atoms in total. The normalized spacial score (nSPS) is 12.4. The van der Waals surface area contributed by atoms with Gasteiger partial charge in [-0.05, 0) is 6.42 Å². The van der Waals surface area contributed by atoms with Gasteiger partial charge in [-0.25, -0.2) is 4.68 Å². The average Bonchev–Trinajstić information content (AvgIpc) is 2.72. The summed E-state index contributed by atoms with van der Waals surface area (Å²) >= 11 is 0. The minimum Gasteiger partial charge on any atom is -0.354 e. The smallest absolute Gasteiger partial charge is 0.241 e. The van der Waals surface area contributed by atoms with E-state index in [9.17, 15) is 9.00 Å². The second-order valence-electron chi connectivity index (χ2n) is 3.59. The zero-order valence-corrected chi connectivity index (χ0v) is 10.6. The predicted octanol–water partition coefficient (Wildman–Crippen LogP) is -1.38. The summed E-state index contributed by atoms with van der Waals surface area (Å²) in [5, 5.41) is 10.3. The molecule has 3 N–H and O–H groups in total. The number of nitrogens with two attached hydrogens (primary N) is 1. The Bertz CT molecular complexity index is 392. The van der Waals surface area contributed by atoms with Gasteiger partial charge in [-0.1, -0.05) is 5.21 Å². The number of rotatable bonds is 7. The Morgan fingerprint density at radius 2 is 2.41 bits per heavy atom. The number of hydrogen-bond donors (Lipinski definition) is 2. The highest BCUT2D eigenvalue weighted by molar-refractivity contribution is 7.84. The monoisotopic (exact) mass is 259 g/mol. The number of carbonyl (C=O) groups is 1. The van der Waals surface area contributed by atoms with Gasteiger partial charge in [0.2, 0.25) is 5.91 Å². The van der Waals surface area contributed by atoms with E-state index in [0.29, 0.717) is 31.0 Å². The third kappa shape index (κ3) is 5.55. The number of amides is 1. The quantitative estimate of drug-likeness (QED) is 0.588. The van der Waals surface area contributed by atoms with Gasteiger partial charge in [0.1, 0.15) is 6.54 Å². The summed E-state index contributed by atoms with van der Waals surface area (Å²) in [4.78, 5) is 11.4. The van der Waals surface area contributed by atoms with E-state index in [4.69, 9.17) is 5.73 Å². The molecule has 0 aliphatic carbocycles. The Labute approximate surface area is 102 Å². The predicted molar refractivity (Wildman–Crippen MR) is 64.5 cm³/mol. The molecule has 1 amide bonds. The summed E-state index contributed by atoms with van der Waals surface area (Å²) in [6, 6.07) is 0. The van der Waals surface area contributed by atoms with Crippen molar-refractivity contribution in [2.24, 2.45) is 5.73 Å². The lowest BCUT2D eigenvalue weighted by Crippen LogP contribution is -2.29. The minimum atomic E-state index is -0.809. The lowest BCUT2D eigenvalue weighted by atomic mass is 10.4. The summed E-state index contributed by atoms with van der Waals surface area (Å²) in [7, 11) is -0.809. The molecule has 0 saturated heterocycles. The van der Waals surface area contributed by atoms with Crippen LogP contribution in [0, 0.1) is 0 Å². The Morgan fingerprint density at radius 1 is 1.65 bits per heavy atom. The Kier molecular flexibility index (Phi) is 5.78. The number of carbonyl (C=O) groups excluding carboxylic acids is 1. The standard InChI is InChI=1S/C9H17N5O2S/c1-17(16)4-2-3-11-9(15)7-14-6-8(5-10)12-13-14/h6H,2-5,7,10H2,1H3,(H,11,15). The van der Waals surface area contributed by atoms with Gasteiger partial charge < -0.3 is 11.1 Å². The van der Waals surface area contributed by atoms with Gasteiger partial charge in [0.15, 0.2) is 0 Å². The van der Waals surface area contributed by atoms with Gasteiger partial charge in [-0.2, -0.15) is 0 Å². The Morgan fingerprint density at radius 3 is 3.00 bits per heavy atom. The first-order valence-electron chi connectivity index (χ1n) is 5.27. The maximum Gasteiger partial charge on any atom is 0.241 e. The van der Waals surface area contributed by atoms with Crippen molar-refractivity contribution in [2.45, 2.75) is 19.5 Å². The third-order valence-electron chi connectivity index (χ3n) is 2.03. The van der Waals surface area contributed by atoms with Crippen LogP contribution in [0.15, 0.2) is 6.20 Å². The van der Waals surface area contributed by atoms with Crippen LogP contribution in [0.2, 0.25) is 0 Å². The summed E-state index contributed by atoms with van der Waals surface area (Å²) in [6.07, 6.45) is 3.99. The molecule has 1 aromatic rings. The van der Waals surface area contributed by atoms with Crippen molar-refractivity contribution in [1.29, 1.82) is 0 Å². The van der Waals surface area contributed by atoms with E-state index in [0.717, 1.165) is 0 Å². The molecular formula is C9H17N5O2S. The van der Waals surface area contributed by atoms with Crippen LogP contribution in [0.3, 0.4) is 0 Å². The van der Waals surface area contributed by atoms with Gasteiger partial charge in [-0.3, -0.25) is 9.00 Å². The van der Waals surface area contributed by atoms with Crippen molar-refractivity contribution >= 4 is 16.7 Å². The molecule has 96 valence electrons. The van der Waals surface area contributed by atoms with Crippen LogP contribution >= 0.6 is 0 Å². The van der Waals surface area contributed by atoms with E-state index in [-0.39, 0.29) is 12.5 Å². The fraction of sp³-hybridized carbons (Fsp3) is 0.667. The van der Waals surface area contributed by atoms with Gasteiger partial charge in [0.25, 0.3) is 0 Å². The van der Waals surface area contributed by atoms with Crippen molar-refractivity contribution in [1.82, 2.24) is 20.3 Å². The number of hydrogen-bond acceptors (Lipinski definition) is 5. The van der Waals surface area contributed by atoms with Gasteiger partial charge >= 0.3 is 0 Å². The van der Waals surface area contributed by atoms with Crippen LogP contribution in [0.4, 0.5) is 0 Å². The highest BCUT2D eigenvalue weighted by atomic mass is 32.2. The molecule has 17 heavy (non-hydrogen) atoms.